The van der Waals surface area contributed by atoms with Gasteiger partial charge in [-0.3, -0.25) is 4.79 Å². The Labute approximate surface area is 81.4 Å². The summed E-state index contributed by atoms with van der Waals surface area (Å²) >= 11 is 0. The third kappa shape index (κ3) is 1.38. The molecule has 0 aromatic rings. The lowest BCUT2D eigenvalue weighted by molar-refractivity contribution is -0.125. The SMILES string of the molecule is [N-]=[N+]=C1N=CC=C1C(=O)N1CCCC1. The largest absolute Gasteiger partial charge is 0.497 e. The monoisotopic (exact) mass is 190 g/mol. The first-order valence-electron chi connectivity index (χ1n) is 4.59. The first kappa shape index (κ1) is 8.84. The zero-order valence-corrected chi connectivity index (χ0v) is 7.68. The molecule has 0 aromatic heterocycles. The van der Waals surface area contributed by atoms with Crippen LogP contribution in [0.5, 0.6) is 0 Å². The van der Waals surface area contributed by atoms with Crippen LogP contribution in [0.25, 0.3) is 5.53 Å². The molecule has 0 unspecified atom stereocenters. The summed E-state index contributed by atoms with van der Waals surface area (Å²) in [6.07, 6.45) is 5.14. The van der Waals surface area contributed by atoms with Gasteiger partial charge in [-0.05, 0) is 17.8 Å². The topological polar surface area (TPSA) is 69.1 Å². The quantitative estimate of drug-likeness (QED) is 0.431. The van der Waals surface area contributed by atoms with Crippen molar-refractivity contribution in [2.45, 2.75) is 12.8 Å². The molecule has 2 rings (SSSR count). The first-order valence-corrected chi connectivity index (χ1v) is 4.59. The number of carbonyl (C=O) groups excluding carboxylic acids is 1. The minimum Gasteiger partial charge on any atom is -0.497 e. The van der Waals surface area contributed by atoms with Crippen molar-refractivity contribution >= 4 is 18.0 Å². The van der Waals surface area contributed by atoms with E-state index in [1.807, 2.05) is 0 Å². The maximum atomic E-state index is 11.8. The second-order valence-electron chi connectivity index (χ2n) is 3.28. The molecule has 5 heteroatoms. The molecule has 0 bridgehead atoms. The molecule has 2 aliphatic heterocycles. The standard InChI is InChI=1S/C9H10N4O/c10-12-8-7(3-4-11-8)9(14)13-5-1-2-6-13/h3-4H,1-2,5-6H2. The van der Waals surface area contributed by atoms with Crippen LogP contribution in [0.4, 0.5) is 0 Å². The van der Waals surface area contributed by atoms with Crippen LogP contribution in [0.2, 0.25) is 0 Å². The maximum Gasteiger partial charge on any atom is 0.413 e. The molecule has 0 spiro atoms. The number of carbonyl (C=O) groups is 1. The summed E-state index contributed by atoms with van der Waals surface area (Å²) in [5, 5.41) is 0. The smallest absolute Gasteiger partial charge is 0.413 e. The molecule has 5 nitrogen and oxygen atoms in total. The Morgan fingerprint density at radius 1 is 1.50 bits per heavy atom. The number of rotatable bonds is 1. The van der Waals surface area contributed by atoms with Crippen molar-refractivity contribution in [2.24, 2.45) is 4.99 Å². The average Bonchev–Trinajstić information content (AvgIpc) is 2.87. The average molecular weight is 190 g/mol. The Morgan fingerprint density at radius 2 is 2.21 bits per heavy atom. The van der Waals surface area contributed by atoms with Gasteiger partial charge in [0.2, 0.25) is 0 Å². The van der Waals surface area contributed by atoms with Crippen molar-refractivity contribution in [3.63, 3.8) is 0 Å². The summed E-state index contributed by atoms with van der Waals surface area (Å²) in [7, 11) is 0. The van der Waals surface area contributed by atoms with E-state index in [1.165, 1.54) is 6.21 Å². The van der Waals surface area contributed by atoms with E-state index in [4.69, 9.17) is 5.53 Å². The summed E-state index contributed by atoms with van der Waals surface area (Å²) in [4.78, 5) is 20.3. The summed E-state index contributed by atoms with van der Waals surface area (Å²) in [6, 6.07) is 0. The van der Waals surface area contributed by atoms with Crippen LogP contribution >= 0.6 is 0 Å². The van der Waals surface area contributed by atoms with Crippen LogP contribution in [0.15, 0.2) is 16.6 Å². The van der Waals surface area contributed by atoms with Gasteiger partial charge in [0.15, 0.2) is 5.57 Å². The molecule has 2 aliphatic rings. The fourth-order valence-electron chi connectivity index (χ4n) is 1.66. The van der Waals surface area contributed by atoms with Gasteiger partial charge >= 0.3 is 5.84 Å². The van der Waals surface area contributed by atoms with Crippen LogP contribution in [0.3, 0.4) is 0 Å². The van der Waals surface area contributed by atoms with Crippen molar-refractivity contribution in [1.29, 1.82) is 0 Å². The summed E-state index contributed by atoms with van der Waals surface area (Å²) in [6.45, 7) is 1.57. The number of amidine groups is 1. The van der Waals surface area contributed by atoms with Gasteiger partial charge in [-0.2, -0.15) is 0 Å². The molecule has 1 saturated heterocycles. The summed E-state index contributed by atoms with van der Waals surface area (Å²) < 4.78 is 0. The molecule has 0 saturated carbocycles. The van der Waals surface area contributed by atoms with Gasteiger partial charge in [0.25, 0.3) is 5.91 Å². The van der Waals surface area contributed by atoms with E-state index in [9.17, 15) is 4.79 Å². The van der Waals surface area contributed by atoms with E-state index < -0.39 is 0 Å². The van der Waals surface area contributed by atoms with Crippen molar-refractivity contribution in [2.75, 3.05) is 13.1 Å². The number of likely N-dealkylation sites (tertiary alicyclic amines) is 1. The summed E-state index contributed by atoms with van der Waals surface area (Å²) in [5.41, 5.74) is 8.97. The molecule has 14 heavy (non-hydrogen) atoms. The van der Waals surface area contributed by atoms with E-state index in [1.54, 1.807) is 11.0 Å². The molecular formula is C9H10N4O. The lowest BCUT2D eigenvalue weighted by atomic mass is 10.2. The lowest BCUT2D eigenvalue weighted by Gasteiger charge is -2.13. The van der Waals surface area contributed by atoms with Crippen LogP contribution in [0, 0.1) is 0 Å². The highest BCUT2D eigenvalue weighted by Crippen LogP contribution is 2.14. The van der Waals surface area contributed by atoms with E-state index in [0.717, 1.165) is 25.9 Å². The second-order valence-corrected chi connectivity index (χ2v) is 3.28. The number of nitrogens with zero attached hydrogens (tertiary/aromatic N) is 4. The Morgan fingerprint density at radius 3 is 2.86 bits per heavy atom. The molecule has 0 aliphatic carbocycles. The fraction of sp³-hybridized carbons (Fsp3) is 0.444. The number of aliphatic imine (C=N–C) groups is 1. The molecule has 0 aromatic carbocycles. The van der Waals surface area contributed by atoms with Gasteiger partial charge in [0.05, 0.1) is 0 Å². The minimum atomic E-state index is -0.0900. The lowest BCUT2D eigenvalue weighted by Crippen LogP contribution is -2.30. The number of allylic oxidation sites excluding steroid dienone is 1. The molecule has 0 atom stereocenters. The molecular weight excluding hydrogens is 180 g/mol. The van der Waals surface area contributed by atoms with Gasteiger partial charge in [-0.25, -0.2) is 0 Å². The number of amides is 1. The van der Waals surface area contributed by atoms with Crippen molar-refractivity contribution in [3.05, 3.63) is 17.2 Å². The maximum absolute atomic E-state index is 11.8. The van der Waals surface area contributed by atoms with Crippen molar-refractivity contribution in [1.82, 2.24) is 4.90 Å². The van der Waals surface area contributed by atoms with Gasteiger partial charge in [0, 0.05) is 19.2 Å². The van der Waals surface area contributed by atoms with Gasteiger partial charge in [-0.1, -0.05) is 0 Å². The Hall–Kier alpha value is -1.74. The van der Waals surface area contributed by atoms with Gasteiger partial charge < -0.3 is 15.2 Å². The van der Waals surface area contributed by atoms with Crippen LogP contribution in [-0.2, 0) is 4.79 Å². The summed E-state index contributed by atoms with van der Waals surface area (Å²) in [5.74, 6) is 0.0229. The Balaban J connectivity index is 2.16. The van der Waals surface area contributed by atoms with E-state index in [-0.39, 0.29) is 11.7 Å². The molecule has 2 heterocycles. The highest BCUT2D eigenvalue weighted by atomic mass is 16.2. The van der Waals surface area contributed by atoms with Crippen LogP contribution < -0.4 is 0 Å². The van der Waals surface area contributed by atoms with E-state index in [0.29, 0.717) is 5.57 Å². The van der Waals surface area contributed by atoms with E-state index in [2.05, 4.69) is 9.78 Å². The van der Waals surface area contributed by atoms with Gasteiger partial charge in [0.1, 0.15) is 6.21 Å². The van der Waals surface area contributed by atoms with Crippen molar-refractivity contribution in [3.8, 4) is 0 Å². The molecule has 0 radical (unpaired) electrons. The first-order chi connectivity index (χ1) is 6.83. The molecule has 0 N–H and O–H groups in total. The Kier molecular flexibility index (Phi) is 2.24. The normalized spacial score (nSPS) is 19.9. The van der Waals surface area contributed by atoms with E-state index >= 15 is 0 Å². The van der Waals surface area contributed by atoms with Crippen LogP contribution in [0.1, 0.15) is 12.8 Å². The predicted octanol–water partition coefficient (Wildman–Crippen LogP) is 0.248. The second kappa shape index (κ2) is 3.55. The fourth-order valence-corrected chi connectivity index (χ4v) is 1.66. The van der Waals surface area contributed by atoms with Crippen LogP contribution in [-0.4, -0.2) is 40.7 Å². The van der Waals surface area contributed by atoms with Crippen molar-refractivity contribution < 1.29 is 9.58 Å². The minimum absolute atomic E-state index is 0.0900. The van der Waals surface area contributed by atoms with Gasteiger partial charge in [-0.15, -0.1) is 0 Å². The highest BCUT2D eigenvalue weighted by Gasteiger charge is 2.31. The highest BCUT2D eigenvalue weighted by molar-refractivity contribution is 6.25. The number of hydrogen-bond acceptors (Lipinski definition) is 1. The third-order valence-electron chi connectivity index (χ3n) is 2.40. The molecule has 72 valence electrons. The zero-order chi connectivity index (χ0) is 9.97. The molecule has 1 fully saturated rings. The third-order valence-corrected chi connectivity index (χ3v) is 2.40. The predicted molar refractivity (Wildman–Crippen MR) is 51.0 cm³/mol. The zero-order valence-electron chi connectivity index (χ0n) is 7.68. The molecule has 1 amide bonds. The number of hydrogen-bond donors (Lipinski definition) is 0. The Bertz CT molecular complexity index is 370.